The molecule has 1 atom stereocenters. The smallest absolute Gasteiger partial charge is 0.253 e. The van der Waals surface area contributed by atoms with Crippen molar-refractivity contribution in [3.63, 3.8) is 0 Å². The molecular weight excluding hydrogens is 438 g/mol. The highest BCUT2D eigenvalue weighted by molar-refractivity contribution is 5.94. The third-order valence-electron chi connectivity index (χ3n) is 7.18. The Morgan fingerprint density at radius 2 is 1.60 bits per heavy atom. The van der Waals surface area contributed by atoms with E-state index in [1.165, 1.54) is 0 Å². The normalized spacial score (nSPS) is 19.2. The molecule has 180 valence electrons. The van der Waals surface area contributed by atoms with Crippen molar-refractivity contribution in [1.29, 1.82) is 0 Å². The van der Waals surface area contributed by atoms with Gasteiger partial charge >= 0.3 is 0 Å². The number of nitrogens with zero attached hydrogens (tertiary/aromatic N) is 2. The first-order valence-electron chi connectivity index (χ1n) is 12.2. The van der Waals surface area contributed by atoms with Crippen molar-refractivity contribution >= 4 is 11.8 Å². The Balaban J connectivity index is 1.35. The number of ether oxygens (including phenoxy) is 1. The molecular formula is C29H31N3O3. The van der Waals surface area contributed by atoms with E-state index in [4.69, 9.17) is 4.74 Å². The summed E-state index contributed by atoms with van der Waals surface area (Å²) in [7, 11) is 1.60. The lowest BCUT2D eigenvalue weighted by Gasteiger charge is -2.44. The monoisotopic (exact) mass is 469 g/mol. The predicted molar refractivity (Wildman–Crippen MR) is 135 cm³/mol. The molecule has 3 aromatic carbocycles. The summed E-state index contributed by atoms with van der Waals surface area (Å²) < 4.78 is 5.29. The number of methoxy groups -OCH3 is 1. The second kappa shape index (κ2) is 9.92. The van der Waals surface area contributed by atoms with Crippen LogP contribution in [0.1, 0.15) is 34.3 Å². The molecule has 2 aliphatic heterocycles. The highest BCUT2D eigenvalue weighted by Gasteiger charge is 2.51. The molecule has 0 unspecified atom stereocenters. The molecule has 0 saturated carbocycles. The topological polar surface area (TPSA) is 61.9 Å². The van der Waals surface area contributed by atoms with Gasteiger partial charge in [-0.15, -0.1) is 0 Å². The van der Waals surface area contributed by atoms with Gasteiger partial charge in [-0.05, 0) is 35.7 Å². The van der Waals surface area contributed by atoms with E-state index in [9.17, 15) is 9.59 Å². The molecule has 0 bridgehead atoms. The first-order chi connectivity index (χ1) is 17.1. The van der Waals surface area contributed by atoms with E-state index in [0.29, 0.717) is 50.2 Å². The molecule has 2 fully saturated rings. The van der Waals surface area contributed by atoms with E-state index in [1.807, 2.05) is 64.4 Å². The van der Waals surface area contributed by atoms with Crippen LogP contribution in [-0.2, 0) is 17.8 Å². The zero-order chi connectivity index (χ0) is 24.3. The zero-order valence-electron chi connectivity index (χ0n) is 20.0. The molecule has 6 nitrogen and oxygen atoms in total. The van der Waals surface area contributed by atoms with Gasteiger partial charge in [-0.2, -0.15) is 0 Å². The van der Waals surface area contributed by atoms with Gasteiger partial charge in [0.25, 0.3) is 5.91 Å². The van der Waals surface area contributed by atoms with Crippen molar-refractivity contribution in [3.05, 3.63) is 102 Å². The Labute approximate surface area is 206 Å². The van der Waals surface area contributed by atoms with Crippen LogP contribution in [-0.4, -0.2) is 53.5 Å². The standard InChI is InChI=1S/C29H31N3O3/c1-35-25-14-8-13-24(20-25)27(33)31-17-15-29(16-18-31)30-26(19-22-9-4-2-5-10-22)28(34)32(29)21-23-11-6-3-7-12-23/h2-14,20,26,30H,15-19,21H2,1H3/t26-/m1/s1. The largest absolute Gasteiger partial charge is 0.497 e. The summed E-state index contributed by atoms with van der Waals surface area (Å²) in [5.74, 6) is 0.800. The number of likely N-dealkylation sites (tertiary alicyclic amines) is 1. The molecule has 0 aromatic heterocycles. The van der Waals surface area contributed by atoms with Gasteiger partial charge < -0.3 is 14.5 Å². The summed E-state index contributed by atoms with van der Waals surface area (Å²) in [6.07, 6.45) is 2.03. The fourth-order valence-electron chi connectivity index (χ4n) is 5.28. The van der Waals surface area contributed by atoms with Gasteiger partial charge in [-0.3, -0.25) is 14.9 Å². The summed E-state index contributed by atoms with van der Waals surface area (Å²) in [5, 5.41) is 3.71. The van der Waals surface area contributed by atoms with E-state index >= 15 is 0 Å². The molecule has 0 aliphatic carbocycles. The molecule has 2 saturated heterocycles. The number of amides is 2. The predicted octanol–water partition coefficient (Wildman–Crippen LogP) is 3.87. The van der Waals surface area contributed by atoms with Gasteiger partial charge in [-0.25, -0.2) is 0 Å². The Bertz CT molecular complexity index is 1170. The van der Waals surface area contributed by atoms with Crippen molar-refractivity contribution in [2.75, 3.05) is 20.2 Å². The van der Waals surface area contributed by atoms with Crippen LogP contribution in [0.15, 0.2) is 84.9 Å². The highest BCUT2D eigenvalue weighted by atomic mass is 16.5. The first-order valence-corrected chi connectivity index (χ1v) is 12.2. The third-order valence-corrected chi connectivity index (χ3v) is 7.18. The lowest BCUT2D eigenvalue weighted by Crippen LogP contribution is -2.59. The van der Waals surface area contributed by atoms with Crippen molar-refractivity contribution in [3.8, 4) is 5.75 Å². The Morgan fingerprint density at radius 1 is 0.943 bits per heavy atom. The van der Waals surface area contributed by atoms with Crippen LogP contribution in [0, 0.1) is 0 Å². The van der Waals surface area contributed by atoms with E-state index in [-0.39, 0.29) is 17.9 Å². The highest BCUT2D eigenvalue weighted by Crippen LogP contribution is 2.35. The van der Waals surface area contributed by atoms with Crippen LogP contribution < -0.4 is 10.1 Å². The fraction of sp³-hybridized carbons (Fsp3) is 0.310. The van der Waals surface area contributed by atoms with Crippen molar-refractivity contribution < 1.29 is 14.3 Å². The molecule has 6 heteroatoms. The summed E-state index contributed by atoms with van der Waals surface area (Å²) in [6.45, 7) is 1.72. The Kier molecular flexibility index (Phi) is 6.55. The minimum atomic E-state index is -0.461. The second-order valence-corrected chi connectivity index (χ2v) is 9.35. The van der Waals surface area contributed by atoms with E-state index in [1.54, 1.807) is 13.2 Å². The SMILES string of the molecule is COc1cccc(C(=O)N2CCC3(CC2)N[C@H](Cc2ccccc2)C(=O)N3Cc2ccccc2)c1. The Morgan fingerprint density at radius 3 is 2.26 bits per heavy atom. The third kappa shape index (κ3) is 4.80. The van der Waals surface area contributed by atoms with Crippen molar-refractivity contribution in [1.82, 2.24) is 15.1 Å². The lowest BCUT2D eigenvalue weighted by atomic mass is 9.94. The van der Waals surface area contributed by atoms with Crippen LogP contribution in [0.2, 0.25) is 0 Å². The van der Waals surface area contributed by atoms with E-state index in [2.05, 4.69) is 29.6 Å². The maximum absolute atomic E-state index is 13.7. The molecule has 35 heavy (non-hydrogen) atoms. The molecule has 5 rings (SSSR count). The number of rotatable bonds is 6. The maximum Gasteiger partial charge on any atom is 0.253 e. The van der Waals surface area contributed by atoms with Gasteiger partial charge in [0, 0.05) is 38.0 Å². The zero-order valence-corrected chi connectivity index (χ0v) is 20.0. The number of hydrogen-bond donors (Lipinski definition) is 1. The van der Waals surface area contributed by atoms with Crippen LogP contribution in [0.4, 0.5) is 0 Å². The summed E-state index contributed by atoms with van der Waals surface area (Å²) in [4.78, 5) is 30.8. The second-order valence-electron chi connectivity index (χ2n) is 9.35. The summed E-state index contributed by atoms with van der Waals surface area (Å²) in [5.41, 5.74) is 2.41. The van der Waals surface area contributed by atoms with E-state index in [0.717, 1.165) is 11.1 Å². The van der Waals surface area contributed by atoms with Gasteiger partial charge in [0.15, 0.2) is 0 Å². The van der Waals surface area contributed by atoms with Gasteiger partial charge in [0.1, 0.15) is 5.75 Å². The molecule has 2 heterocycles. The van der Waals surface area contributed by atoms with Crippen molar-refractivity contribution in [2.45, 2.75) is 37.5 Å². The van der Waals surface area contributed by atoms with Crippen molar-refractivity contribution in [2.24, 2.45) is 0 Å². The summed E-state index contributed by atoms with van der Waals surface area (Å²) >= 11 is 0. The average molecular weight is 470 g/mol. The number of hydrogen-bond acceptors (Lipinski definition) is 4. The number of carbonyl (C=O) groups excluding carboxylic acids is 2. The van der Waals surface area contributed by atoms with Crippen LogP contribution in [0.5, 0.6) is 5.75 Å². The minimum absolute atomic E-state index is 0.00137. The van der Waals surface area contributed by atoms with Crippen LogP contribution in [0.25, 0.3) is 0 Å². The molecule has 3 aromatic rings. The molecule has 0 radical (unpaired) electrons. The summed E-state index contributed by atoms with van der Waals surface area (Å²) in [6, 6.07) is 27.3. The molecule has 1 spiro atoms. The van der Waals surface area contributed by atoms with Crippen LogP contribution >= 0.6 is 0 Å². The first kappa shape index (κ1) is 23.1. The van der Waals surface area contributed by atoms with Gasteiger partial charge in [-0.1, -0.05) is 66.7 Å². The van der Waals surface area contributed by atoms with Gasteiger partial charge in [0.05, 0.1) is 18.8 Å². The molecule has 2 aliphatic rings. The minimum Gasteiger partial charge on any atom is -0.497 e. The fourth-order valence-corrected chi connectivity index (χ4v) is 5.28. The van der Waals surface area contributed by atoms with Gasteiger partial charge in [0.2, 0.25) is 5.91 Å². The number of nitrogens with one attached hydrogen (secondary N) is 1. The average Bonchev–Trinajstić information content (AvgIpc) is 3.15. The number of carbonyl (C=O) groups is 2. The molecule has 2 amide bonds. The number of piperidine rings is 1. The Hall–Kier alpha value is -3.64. The van der Waals surface area contributed by atoms with Crippen LogP contribution in [0.3, 0.4) is 0 Å². The number of benzene rings is 3. The molecule has 1 N–H and O–H groups in total. The quantitative estimate of drug-likeness (QED) is 0.595. The van der Waals surface area contributed by atoms with E-state index < -0.39 is 5.66 Å². The lowest BCUT2D eigenvalue weighted by molar-refractivity contribution is -0.134. The maximum atomic E-state index is 13.7.